The van der Waals surface area contributed by atoms with Gasteiger partial charge in [-0.25, -0.2) is 9.78 Å². The molecule has 1 fully saturated rings. The van der Waals surface area contributed by atoms with E-state index in [1.807, 2.05) is 24.3 Å². The highest BCUT2D eigenvalue weighted by molar-refractivity contribution is 8.77. The number of hydroxylamine groups is 2. The normalized spacial score (nSPS) is 22.5. The highest BCUT2D eigenvalue weighted by Gasteiger charge is 2.35. The van der Waals surface area contributed by atoms with Crippen LogP contribution >= 0.6 is 21.6 Å². The minimum absolute atomic E-state index is 0.0847. The van der Waals surface area contributed by atoms with Crippen molar-refractivity contribution in [1.29, 1.82) is 0 Å². The van der Waals surface area contributed by atoms with Crippen LogP contribution in [0.15, 0.2) is 53.2 Å². The lowest BCUT2D eigenvalue weighted by Gasteiger charge is -2.29. The van der Waals surface area contributed by atoms with Gasteiger partial charge in [0.25, 0.3) is 11.8 Å². The Morgan fingerprint density at radius 3 is 2.65 bits per heavy atom. The fourth-order valence-electron chi connectivity index (χ4n) is 2.51. The first kappa shape index (κ1) is 18.7. The van der Waals surface area contributed by atoms with Gasteiger partial charge >= 0.3 is 5.97 Å². The van der Waals surface area contributed by atoms with Gasteiger partial charge in [0.2, 0.25) is 0 Å². The molecule has 1 atom stereocenters. The number of rotatable bonds is 6. The van der Waals surface area contributed by atoms with E-state index >= 15 is 0 Å². The summed E-state index contributed by atoms with van der Waals surface area (Å²) >= 11 is 0. The Kier molecular flexibility index (Phi) is 5.83. The van der Waals surface area contributed by atoms with Gasteiger partial charge in [-0.15, -0.1) is 5.06 Å². The van der Waals surface area contributed by atoms with E-state index < -0.39 is 17.8 Å². The molecule has 1 saturated heterocycles. The Morgan fingerprint density at radius 2 is 2.08 bits per heavy atom. The molecule has 3 rings (SSSR count). The van der Waals surface area contributed by atoms with E-state index in [0.29, 0.717) is 17.1 Å². The number of carbonyl (C=O) groups excluding carboxylic acids is 3. The lowest BCUT2D eigenvalue weighted by atomic mass is 9.93. The summed E-state index contributed by atoms with van der Waals surface area (Å²) in [6.45, 7) is 2.09. The zero-order chi connectivity index (χ0) is 18.6. The van der Waals surface area contributed by atoms with Gasteiger partial charge in [0, 0.05) is 23.8 Å². The van der Waals surface area contributed by atoms with Crippen LogP contribution in [0.1, 0.15) is 32.6 Å². The summed E-state index contributed by atoms with van der Waals surface area (Å²) in [5.74, 6) is -1.64. The highest BCUT2D eigenvalue weighted by Crippen LogP contribution is 2.47. The van der Waals surface area contributed by atoms with Crippen LogP contribution < -0.4 is 0 Å². The molecule has 1 aliphatic carbocycles. The van der Waals surface area contributed by atoms with Crippen LogP contribution in [0.5, 0.6) is 0 Å². The zero-order valence-electron chi connectivity index (χ0n) is 14.2. The molecule has 2 aliphatic rings. The second kappa shape index (κ2) is 8.09. The number of pyridine rings is 1. The molecule has 0 saturated carbocycles. The zero-order valence-corrected chi connectivity index (χ0v) is 15.8. The van der Waals surface area contributed by atoms with E-state index in [4.69, 9.17) is 4.84 Å². The van der Waals surface area contributed by atoms with E-state index in [9.17, 15) is 14.4 Å². The number of allylic oxidation sites excluding steroid dienone is 1. The average Bonchev–Trinajstić information content (AvgIpc) is 2.99. The Bertz CT molecular complexity index is 763. The number of nitrogens with zero attached hydrogens (tertiary/aromatic N) is 2. The number of hydrogen-bond donors (Lipinski definition) is 0. The molecule has 1 aromatic heterocycles. The van der Waals surface area contributed by atoms with E-state index in [2.05, 4.69) is 11.9 Å². The summed E-state index contributed by atoms with van der Waals surface area (Å²) in [5, 5.41) is 1.50. The van der Waals surface area contributed by atoms with E-state index in [1.54, 1.807) is 39.9 Å². The molecule has 0 aromatic carbocycles. The molecule has 1 aromatic rings. The lowest BCUT2D eigenvalue weighted by molar-refractivity contribution is -0.194. The minimum Gasteiger partial charge on any atom is -0.325 e. The molecule has 1 unspecified atom stereocenters. The molecule has 0 spiro atoms. The molecule has 8 heteroatoms. The molecule has 2 heterocycles. The molecule has 0 N–H and O–H groups in total. The third kappa shape index (κ3) is 4.19. The van der Waals surface area contributed by atoms with Crippen LogP contribution in [0.2, 0.25) is 0 Å². The van der Waals surface area contributed by atoms with Crippen molar-refractivity contribution in [3.63, 3.8) is 0 Å². The Balaban J connectivity index is 1.60. The summed E-state index contributed by atoms with van der Waals surface area (Å²) in [7, 11) is 3.30. The van der Waals surface area contributed by atoms with Crippen LogP contribution in [0.3, 0.4) is 0 Å². The Labute approximate surface area is 159 Å². The molecular weight excluding hydrogens is 372 g/mol. The van der Waals surface area contributed by atoms with E-state index in [-0.39, 0.29) is 17.6 Å². The molecule has 0 radical (unpaired) electrons. The first-order valence-electron chi connectivity index (χ1n) is 8.27. The highest BCUT2D eigenvalue weighted by atomic mass is 33.1. The summed E-state index contributed by atoms with van der Waals surface area (Å²) in [5.41, 5.74) is 0.352. The van der Waals surface area contributed by atoms with Crippen molar-refractivity contribution >= 4 is 39.4 Å². The van der Waals surface area contributed by atoms with Gasteiger partial charge in [0.1, 0.15) is 5.03 Å². The smallest absolute Gasteiger partial charge is 0.325 e. The predicted molar refractivity (Wildman–Crippen MR) is 99.7 cm³/mol. The summed E-state index contributed by atoms with van der Waals surface area (Å²) in [6, 6.07) is 5.78. The molecule has 0 bridgehead atoms. The average molecular weight is 390 g/mol. The maximum absolute atomic E-state index is 12.2. The van der Waals surface area contributed by atoms with Gasteiger partial charge in [-0.2, -0.15) is 0 Å². The lowest BCUT2D eigenvalue weighted by Crippen LogP contribution is -2.33. The largest absolute Gasteiger partial charge is 0.363 e. The van der Waals surface area contributed by atoms with Crippen LogP contribution in [0.4, 0.5) is 0 Å². The molecule has 26 heavy (non-hydrogen) atoms. The van der Waals surface area contributed by atoms with Crippen LogP contribution in [0.25, 0.3) is 0 Å². The fraction of sp³-hybridized carbons (Fsp3) is 0.333. The Hall–Kier alpha value is -2.06. The van der Waals surface area contributed by atoms with Crippen molar-refractivity contribution in [2.75, 3.05) is 0 Å². The maximum Gasteiger partial charge on any atom is 0.363 e. The van der Waals surface area contributed by atoms with E-state index in [1.165, 1.54) is 0 Å². The van der Waals surface area contributed by atoms with Gasteiger partial charge in [0.05, 0.1) is 5.57 Å². The molecule has 136 valence electrons. The van der Waals surface area contributed by atoms with Crippen molar-refractivity contribution in [1.82, 2.24) is 10.0 Å². The fourth-order valence-corrected chi connectivity index (χ4v) is 5.17. The number of amides is 2. The summed E-state index contributed by atoms with van der Waals surface area (Å²) in [4.78, 5) is 44.6. The van der Waals surface area contributed by atoms with Crippen molar-refractivity contribution in [2.45, 2.75) is 42.4 Å². The van der Waals surface area contributed by atoms with Gasteiger partial charge < -0.3 is 4.84 Å². The second-order valence-electron chi connectivity index (χ2n) is 5.91. The number of hydrogen-bond acceptors (Lipinski definition) is 7. The van der Waals surface area contributed by atoms with Crippen LogP contribution in [-0.2, 0) is 19.2 Å². The summed E-state index contributed by atoms with van der Waals surface area (Å²) in [6.07, 6.45) is 8.94. The number of imide groups is 1. The van der Waals surface area contributed by atoms with Gasteiger partial charge in [-0.1, -0.05) is 42.0 Å². The molecule has 1 aliphatic heterocycles. The molecular formula is C18H18N2O4S2. The number of carbonyl (C=O) groups is 3. The minimum atomic E-state index is -0.683. The maximum atomic E-state index is 12.2. The van der Waals surface area contributed by atoms with E-state index in [0.717, 1.165) is 11.4 Å². The van der Waals surface area contributed by atoms with Gasteiger partial charge in [-0.3, -0.25) is 9.59 Å². The van der Waals surface area contributed by atoms with Gasteiger partial charge in [-0.05, 0) is 35.8 Å². The topological polar surface area (TPSA) is 76.6 Å². The van der Waals surface area contributed by atoms with Gasteiger partial charge in [0.15, 0.2) is 0 Å². The molecule has 2 amide bonds. The van der Waals surface area contributed by atoms with Crippen molar-refractivity contribution in [3.05, 3.63) is 48.2 Å². The quantitative estimate of drug-likeness (QED) is 0.544. The van der Waals surface area contributed by atoms with Crippen LogP contribution in [-0.4, -0.2) is 32.6 Å². The number of aromatic nitrogens is 1. The first-order chi connectivity index (χ1) is 12.5. The second-order valence-corrected chi connectivity index (χ2v) is 8.48. The van der Waals surface area contributed by atoms with Crippen molar-refractivity contribution in [3.8, 4) is 0 Å². The summed E-state index contributed by atoms with van der Waals surface area (Å²) < 4.78 is -0.148. The first-order valence-corrected chi connectivity index (χ1v) is 10.4. The SMILES string of the molecule is CCC1(SSc2ccccn2)C=CC(C(=O)ON2C(=O)CCC2=O)=CC1. The van der Waals surface area contributed by atoms with Crippen molar-refractivity contribution < 1.29 is 19.2 Å². The third-order valence-corrected chi connectivity index (χ3v) is 7.36. The predicted octanol–water partition coefficient (Wildman–Crippen LogP) is 3.46. The molecule has 6 nitrogen and oxygen atoms in total. The van der Waals surface area contributed by atoms with Crippen LogP contribution in [0, 0.1) is 0 Å². The monoisotopic (exact) mass is 390 g/mol. The third-order valence-electron chi connectivity index (χ3n) is 4.18. The van der Waals surface area contributed by atoms with Crippen molar-refractivity contribution in [2.24, 2.45) is 0 Å². The standard InChI is InChI=1S/C18H18N2O4S2/c1-2-18(26-25-14-5-3-4-12-19-14)10-8-13(9-11-18)17(23)24-20-15(21)6-7-16(20)22/h3-5,8-10,12H,2,6-7,11H2,1H3. The Morgan fingerprint density at radius 1 is 1.31 bits per heavy atom.